The van der Waals surface area contributed by atoms with Crippen molar-refractivity contribution in [1.29, 1.82) is 0 Å². The third kappa shape index (κ3) is 2.50. The van der Waals surface area contributed by atoms with Crippen molar-refractivity contribution < 1.29 is 10.1 Å². The molecule has 1 aromatic rings. The molecular weight excluding hydrogens is 200 g/mol. The maximum Gasteiger partial charge on any atom is 0.269 e. The summed E-state index contributed by atoms with van der Waals surface area (Å²) in [7, 11) is 0. The highest BCUT2D eigenvalue weighted by Gasteiger charge is 2.06. The minimum atomic E-state index is -0.511. The molecule has 0 unspecified atom stereocenters. The zero-order chi connectivity index (χ0) is 11.3. The summed E-state index contributed by atoms with van der Waals surface area (Å²) < 4.78 is 0. The first-order valence-corrected chi connectivity index (χ1v) is 3.89. The SMILES string of the molecule is N/N=C(\C=N\O)c1ccc([N+](=O)[O-])cc1. The van der Waals surface area contributed by atoms with Crippen molar-refractivity contribution in [2.24, 2.45) is 16.1 Å². The summed E-state index contributed by atoms with van der Waals surface area (Å²) in [5, 5.41) is 24.8. The summed E-state index contributed by atoms with van der Waals surface area (Å²) in [6.07, 6.45) is 1.04. The van der Waals surface area contributed by atoms with Gasteiger partial charge in [-0.25, -0.2) is 0 Å². The summed E-state index contributed by atoms with van der Waals surface area (Å²) in [5.74, 6) is 5.04. The third-order valence-corrected chi connectivity index (χ3v) is 1.69. The number of rotatable bonds is 3. The Labute approximate surface area is 84.7 Å². The molecule has 3 N–H and O–H groups in total. The first kappa shape index (κ1) is 10.6. The fourth-order valence-electron chi connectivity index (χ4n) is 0.991. The number of nitro groups is 1. The molecule has 0 saturated heterocycles. The molecule has 0 heterocycles. The molecule has 7 heteroatoms. The van der Waals surface area contributed by atoms with Gasteiger partial charge in [0.05, 0.1) is 11.1 Å². The standard InChI is InChI=1S/C8H8N4O3/c9-11-8(5-10-13)6-1-3-7(4-2-6)12(14)15/h1-5,13H,9H2/b10-5+,11-8+. The maximum absolute atomic E-state index is 10.4. The number of non-ortho nitro benzene ring substituents is 1. The van der Waals surface area contributed by atoms with Crippen LogP contribution in [0.1, 0.15) is 5.56 Å². The Bertz CT molecular complexity index is 410. The van der Waals surface area contributed by atoms with Crippen LogP contribution in [0.2, 0.25) is 0 Å². The van der Waals surface area contributed by atoms with E-state index in [1.807, 2.05) is 0 Å². The highest BCUT2D eigenvalue weighted by atomic mass is 16.6. The molecule has 0 aliphatic rings. The lowest BCUT2D eigenvalue weighted by Crippen LogP contribution is -2.05. The maximum atomic E-state index is 10.4. The van der Waals surface area contributed by atoms with Crippen molar-refractivity contribution in [3.63, 3.8) is 0 Å². The van der Waals surface area contributed by atoms with Gasteiger partial charge in [0.1, 0.15) is 5.71 Å². The molecular formula is C8H8N4O3. The van der Waals surface area contributed by atoms with Crippen molar-refractivity contribution in [3.8, 4) is 0 Å². The normalized spacial score (nSPS) is 11.9. The highest BCUT2D eigenvalue weighted by Crippen LogP contribution is 2.11. The fraction of sp³-hybridized carbons (Fsp3) is 0. The van der Waals surface area contributed by atoms with Gasteiger partial charge in [-0.1, -0.05) is 5.16 Å². The van der Waals surface area contributed by atoms with E-state index in [-0.39, 0.29) is 11.4 Å². The predicted molar refractivity (Wildman–Crippen MR) is 54.1 cm³/mol. The van der Waals surface area contributed by atoms with E-state index >= 15 is 0 Å². The Balaban J connectivity index is 3.02. The van der Waals surface area contributed by atoms with Crippen LogP contribution in [0.5, 0.6) is 0 Å². The van der Waals surface area contributed by atoms with Gasteiger partial charge in [0.2, 0.25) is 0 Å². The van der Waals surface area contributed by atoms with E-state index in [1.54, 1.807) is 0 Å². The van der Waals surface area contributed by atoms with E-state index in [1.165, 1.54) is 24.3 Å². The molecule has 78 valence electrons. The molecule has 1 rings (SSSR count). The molecule has 0 saturated carbocycles. The Morgan fingerprint density at radius 1 is 1.47 bits per heavy atom. The average molecular weight is 208 g/mol. The van der Waals surface area contributed by atoms with Crippen LogP contribution in [0, 0.1) is 10.1 Å². The number of oxime groups is 1. The minimum absolute atomic E-state index is 0.0314. The third-order valence-electron chi connectivity index (χ3n) is 1.69. The molecule has 0 fully saturated rings. The van der Waals surface area contributed by atoms with Crippen LogP contribution in [0.3, 0.4) is 0 Å². The topological polar surface area (TPSA) is 114 Å². The number of hydrogen-bond acceptors (Lipinski definition) is 6. The lowest BCUT2D eigenvalue weighted by Gasteiger charge is -1.97. The lowest BCUT2D eigenvalue weighted by atomic mass is 10.1. The van der Waals surface area contributed by atoms with E-state index in [0.29, 0.717) is 5.56 Å². The summed E-state index contributed by atoms with van der Waals surface area (Å²) in [5.41, 5.74) is 0.726. The average Bonchev–Trinajstić information content (AvgIpc) is 2.26. The van der Waals surface area contributed by atoms with E-state index in [2.05, 4.69) is 10.3 Å². The quantitative estimate of drug-likeness (QED) is 0.250. The Kier molecular flexibility index (Phi) is 3.33. The van der Waals surface area contributed by atoms with Crippen LogP contribution in [0.25, 0.3) is 0 Å². The summed E-state index contributed by atoms with van der Waals surface area (Å²) in [6, 6.07) is 5.55. The van der Waals surface area contributed by atoms with Gasteiger partial charge < -0.3 is 11.0 Å². The van der Waals surface area contributed by atoms with Crippen molar-refractivity contribution >= 4 is 17.6 Å². The molecule has 0 spiro atoms. The van der Waals surface area contributed by atoms with E-state index < -0.39 is 4.92 Å². The zero-order valence-electron chi connectivity index (χ0n) is 7.57. The molecule has 0 aliphatic heterocycles. The van der Waals surface area contributed by atoms with E-state index in [9.17, 15) is 10.1 Å². The Hall–Kier alpha value is -2.44. The molecule has 0 aliphatic carbocycles. The molecule has 1 aromatic carbocycles. The first-order chi connectivity index (χ1) is 7.19. The Morgan fingerprint density at radius 2 is 2.07 bits per heavy atom. The van der Waals surface area contributed by atoms with Gasteiger partial charge in [-0.2, -0.15) is 5.10 Å². The van der Waals surface area contributed by atoms with Crippen LogP contribution in [-0.4, -0.2) is 22.1 Å². The van der Waals surface area contributed by atoms with Crippen LogP contribution in [0.4, 0.5) is 5.69 Å². The second-order valence-electron chi connectivity index (χ2n) is 2.56. The van der Waals surface area contributed by atoms with Crippen LogP contribution < -0.4 is 5.84 Å². The van der Waals surface area contributed by atoms with E-state index in [4.69, 9.17) is 11.0 Å². The number of nitrogens with two attached hydrogens (primary N) is 1. The molecule has 0 aromatic heterocycles. The van der Waals surface area contributed by atoms with Gasteiger partial charge in [0.25, 0.3) is 5.69 Å². The Morgan fingerprint density at radius 3 is 2.47 bits per heavy atom. The summed E-state index contributed by atoms with van der Waals surface area (Å²) in [4.78, 5) is 9.85. The lowest BCUT2D eigenvalue weighted by molar-refractivity contribution is -0.384. The van der Waals surface area contributed by atoms with Crippen LogP contribution >= 0.6 is 0 Å². The fourth-order valence-corrected chi connectivity index (χ4v) is 0.991. The largest absolute Gasteiger partial charge is 0.411 e. The summed E-state index contributed by atoms with van der Waals surface area (Å²) >= 11 is 0. The number of hydrogen-bond donors (Lipinski definition) is 2. The molecule has 0 radical (unpaired) electrons. The van der Waals surface area contributed by atoms with Gasteiger partial charge >= 0.3 is 0 Å². The van der Waals surface area contributed by atoms with Gasteiger partial charge in [-0.15, -0.1) is 0 Å². The van der Waals surface area contributed by atoms with E-state index in [0.717, 1.165) is 6.21 Å². The molecule has 0 amide bonds. The van der Waals surface area contributed by atoms with Gasteiger partial charge in [-0.3, -0.25) is 10.1 Å². The molecule has 7 nitrogen and oxygen atoms in total. The number of nitro benzene ring substituents is 1. The van der Waals surface area contributed by atoms with Crippen molar-refractivity contribution in [3.05, 3.63) is 39.9 Å². The smallest absolute Gasteiger partial charge is 0.269 e. The number of benzene rings is 1. The molecule has 0 bridgehead atoms. The number of nitrogens with zero attached hydrogens (tertiary/aromatic N) is 3. The van der Waals surface area contributed by atoms with Gasteiger partial charge in [0.15, 0.2) is 0 Å². The summed E-state index contributed by atoms with van der Waals surface area (Å²) in [6.45, 7) is 0. The van der Waals surface area contributed by atoms with Gasteiger partial charge in [0, 0.05) is 17.7 Å². The van der Waals surface area contributed by atoms with Gasteiger partial charge in [-0.05, 0) is 12.1 Å². The second kappa shape index (κ2) is 4.70. The highest BCUT2D eigenvalue weighted by molar-refractivity contribution is 6.38. The number of hydrazone groups is 1. The van der Waals surface area contributed by atoms with Crippen molar-refractivity contribution in [1.82, 2.24) is 0 Å². The minimum Gasteiger partial charge on any atom is -0.411 e. The monoisotopic (exact) mass is 208 g/mol. The molecule has 0 atom stereocenters. The van der Waals surface area contributed by atoms with Crippen molar-refractivity contribution in [2.75, 3.05) is 0 Å². The zero-order valence-corrected chi connectivity index (χ0v) is 7.57. The molecule has 15 heavy (non-hydrogen) atoms. The van der Waals surface area contributed by atoms with Crippen LogP contribution in [0.15, 0.2) is 34.5 Å². The second-order valence-corrected chi connectivity index (χ2v) is 2.56. The predicted octanol–water partition coefficient (Wildman–Crippen LogP) is 0.718. The van der Waals surface area contributed by atoms with Crippen molar-refractivity contribution in [2.45, 2.75) is 0 Å². The first-order valence-electron chi connectivity index (χ1n) is 3.89. The van der Waals surface area contributed by atoms with Crippen LogP contribution in [-0.2, 0) is 0 Å².